The van der Waals surface area contributed by atoms with Crippen molar-refractivity contribution in [1.82, 2.24) is 4.90 Å². The number of halogens is 2. The van der Waals surface area contributed by atoms with Gasteiger partial charge in [-0.3, -0.25) is 0 Å². The number of ether oxygens (including phenoxy) is 4. The first kappa shape index (κ1) is 25.2. The Morgan fingerprint density at radius 1 is 0.914 bits per heavy atom. The van der Waals surface area contributed by atoms with Crippen molar-refractivity contribution in [2.75, 3.05) is 39.8 Å². The summed E-state index contributed by atoms with van der Waals surface area (Å²) < 4.78 is 22.8. The van der Waals surface area contributed by atoms with Crippen LogP contribution < -0.4 is 24.3 Å². The molecule has 1 atom stereocenters. The minimum Gasteiger partial charge on any atom is -0.493 e. The molecule has 0 amide bonds. The smallest absolute Gasteiger partial charge is 0.174 e. The summed E-state index contributed by atoms with van der Waals surface area (Å²) in [7, 11) is 4.89. The highest BCUT2D eigenvalue weighted by atomic mass is 35.5. The Kier molecular flexibility index (Phi) is 8.11. The third kappa shape index (κ3) is 5.53. The molecule has 0 fully saturated rings. The zero-order chi connectivity index (χ0) is 24.9. The summed E-state index contributed by atoms with van der Waals surface area (Å²) in [5.41, 5.74) is 2.97. The quantitative estimate of drug-likeness (QED) is 0.353. The Labute approximate surface area is 220 Å². The van der Waals surface area contributed by atoms with Gasteiger partial charge in [-0.2, -0.15) is 0 Å². The number of hydrogen-bond donors (Lipinski definition) is 1. The molecule has 0 saturated heterocycles. The number of nitrogens with one attached hydrogen (secondary N) is 1. The minimum absolute atomic E-state index is 0.189. The molecule has 9 heteroatoms. The Hall–Kier alpha value is -2.87. The first-order chi connectivity index (χ1) is 16.9. The molecule has 0 aliphatic carbocycles. The van der Waals surface area contributed by atoms with E-state index in [4.69, 9.17) is 54.4 Å². The number of anilines is 1. The van der Waals surface area contributed by atoms with Crippen LogP contribution in [0.25, 0.3) is 0 Å². The Bertz CT molecular complexity index is 1220. The molecule has 0 unspecified atom stereocenters. The number of hydrogen-bond acceptors (Lipinski definition) is 5. The molecule has 0 spiro atoms. The lowest BCUT2D eigenvalue weighted by Gasteiger charge is -2.39. The van der Waals surface area contributed by atoms with Crippen LogP contribution in [-0.4, -0.2) is 44.5 Å². The second-order valence-corrected chi connectivity index (χ2v) is 9.09. The number of thiocarbonyl (C=S) groups is 1. The van der Waals surface area contributed by atoms with E-state index < -0.39 is 0 Å². The first-order valence-electron chi connectivity index (χ1n) is 11.0. The van der Waals surface area contributed by atoms with Gasteiger partial charge in [-0.15, -0.1) is 0 Å². The summed E-state index contributed by atoms with van der Waals surface area (Å²) in [5.74, 6) is 2.67. The van der Waals surface area contributed by atoms with Crippen LogP contribution in [0.1, 0.15) is 17.2 Å². The molecular weight excluding hydrogens is 507 g/mol. The SMILES string of the molecule is COc1cc2c(cc1OC)[C@@H](COc1ccccc1OC)N(C(=S)Nc1ccc(Cl)c(Cl)c1)CC2. The van der Waals surface area contributed by atoms with Gasteiger partial charge in [0.2, 0.25) is 0 Å². The van der Waals surface area contributed by atoms with E-state index in [9.17, 15) is 0 Å². The zero-order valence-corrected chi connectivity index (χ0v) is 22.0. The molecule has 35 heavy (non-hydrogen) atoms. The van der Waals surface area contributed by atoms with E-state index in [0.29, 0.717) is 51.3 Å². The maximum absolute atomic E-state index is 6.26. The van der Waals surface area contributed by atoms with E-state index in [1.165, 1.54) is 0 Å². The van der Waals surface area contributed by atoms with Gasteiger partial charge in [0.1, 0.15) is 6.61 Å². The summed E-state index contributed by atoms with van der Waals surface area (Å²) in [4.78, 5) is 2.11. The molecule has 1 aliphatic rings. The summed E-state index contributed by atoms with van der Waals surface area (Å²) in [6.45, 7) is 1.03. The number of para-hydroxylation sites is 2. The lowest BCUT2D eigenvalue weighted by atomic mass is 9.92. The highest BCUT2D eigenvalue weighted by molar-refractivity contribution is 7.80. The molecule has 3 aromatic rings. The molecular formula is C26H26Cl2N2O4S. The van der Waals surface area contributed by atoms with Crippen molar-refractivity contribution in [3.63, 3.8) is 0 Å². The van der Waals surface area contributed by atoms with E-state index in [-0.39, 0.29) is 6.04 Å². The lowest BCUT2D eigenvalue weighted by molar-refractivity contribution is 0.185. The van der Waals surface area contributed by atoms with Crippen LogP contribution in [-0.2, 0) is 6.42 Å². The minimum atomic E-state index is -0.189. The van der Waals surface area contributed by atoms with Crippen molar-refractivity contribution in [1.29, 1.82) is 0 Å². The normalized spacial score (nSPS) is 14.7. The summed E-state index contributed by atoms with van der Waals surface area (Å²) >= 11 is 18.1. The van der Waals surface area contributed by atoms with Gasteiger partial charge in [0.05, 0.1) is 37.4 Å². The summed E-state index contributed by atoms with van der Waals surface area (Å²) in [6, 6.07) is 16.7. The fraction of sp³-hybridized carbons (Fsp3) is 0.269. The van der Waals surface area contributed by atoms with E-state index in [2.05, 4.69) is 10.2 Å². The van der Waals surface area contributed by atoms with E-state index in [0.717, 1.165) is 23.2 Å². The van der Waals surface area contributed by atoms with E-state index in [1.807, 2.05) is 42.5 Å². The number of rotatable bonds is 7. The standard InChI is InChI=1S/C26H26Cl2N2O4S/c1-31-22-6-4-5-7-23(22)34-15-21-18-14-25(33-3)24(32-2)12-16(18)10-11-30(21)26(35)29-17-8-9-19(27)20(28)13-17/h4-9,12-14,21H,10-11,15H2,1-3H3,(H,29,35)/t21-/m1/s1. The van der Waals surface area contributed by atoms with Crippen LogP contribution in [0.5, 0.6) is 23.0 Å². The van der Waals surface area contributed by atoms with Crippen molar-refractivity contribution < 1.29 is 18.9 Å². The van der Waals surface area contributed by atoms with Crippen LogP contribution >= 0.6 is 35.4 Å². The Balaban J connectivity index is 1.66. The van der Waals surface area contributed by atoms with E-state index >= 15 is 0 Å². The Morgan fingerprint density at radius 3 is 2.29 bits per heavy atom. The second-order valence-electron chi connectivity index (χ2n) is 7.89. The third-order valence-electron chi connectivity index (χ3n) is 5.90. The molecule has 3 aromatic carbocycles. The van der Waals surface area contributed by atoms with Crippen LogP contribution in [0.3, 0.4) is 0 Å². The van der Waals surface area contributed by atoms with Gasteiger partial charge >= 0.3 is 0 Å². The molecule has 6 nitrogen and oxygen atoms in total. The molecule has 4 rings (SSSR count). The molecule has 0 radical (unpaired) electrons. The van der Waals surface area contributed by atoms with Crippen LogP contribution in [0.4, 0.5) is 5.69 Å². The van der Waals surface area contributed by atoms with Gasteiger partial charge in [0, 0.05) is 12.2 Å². The van der Waals surface area contributed by atoms with Crippen molar-refractivity contribution >= 4 is 46.2 Å². The fourth-order valence-corrected chi connectivity index (χ4v) is 4.76. The molecule has 0 saturated carbocycles. The van der Waals surface area contributed by atoms with Gasteiger partial charge in [-0.1, -0.05) is 35.3 Å². The summed E-state index contributed by atoms with van der Waals surface area (Å²) in [5, 5.41) is 4.78. The van der Waals surface area contributed by atoms with Gasteiger partial charge in [0.15, 0.2) is 28.1 Å². The lowest BCUT2D eigenvalue weighted by Crippen LogP contribution is -2.44. The van der Waals surface area contributed by atoms with Gasteiger partial charge in [-0.25, -0.2) is 0 Å². The number of nitrogens with zero attached hydrogens (tertiary/aromatic N) is 1. The fourth-order valence-electron chi connectivity index (χ4n) is 4.13. The van der Waals surface area contributed by atoms with Crippen molar-refractivity contribution in [3.8, 4) is 23.0 Å². The van der Waals surface area contributed by atoms with Gasteiger partial charge in [0.25, 0.3) is 0 Å². The van der Waals surface area contributed by atoms with Crippen molar-refractivity contribution in [3.05, 3.63) is 75.8 Å². The molecule has 0 bridgehead atoms. The average Bonchev–Trinajstić information content (AvgIpc) is 2.88. The highest BCUT2D eigenvalue weighted by Crippen LogP contribution is 2.39. The monoisotopic (exact) mass is 532 g/mol. The topological polar surface area (TPSA) is 52.2 Å². The van der Waals surface area contributed by atoms with Gasteiger partial charge in [-0.05, 0) is 72.2 Å². The molecule has 184 valence electrons. The zero-order valence-electron chi connectivity index (χ0n) is 19.6. The van der Waals surface area contributed by atoms with Gasteiger partial charge < -0.3 is 29.2 Å². The highest BCUT2D eigenvalue weighted by Gasteiger charge is 2.32. The number of benzene rings is 3. The maximum Gasteiger partial charge on any atom is 0.174 e. The van der Waals surface area contributed by atoms with Crippen molar-refractivity contribution in [2.45, 2.75) is 12.5 Å². The largest absolute Gasteiger partial charge is 0.493 e. The summed E-state index contributed by atoms with van der Waals surface area (Å²) in [6.07, 6.45) is 0.782. The van der Waals surface area contributed by atoms with Crippen LogP contribution in [0.2, 0.25) is 10.0 Å². The third-order valence-corrected chi connectivity index (χ3v) is 6.98. The predicted octanol–water partition coefficient (Wildman–Crippen LogP) is 6.39. The number of methoxy groups -OCH3 is 3. The second kappa shape index (κ2) is 11.2. The molecule has 1 aliphatic heterocycles. The molecule has 0 aromatic heterocycles. The van der Waals surface area contributed by atoms with E-state index in [1.54, 1.807) is 33.5 Å². The molecule has 1 N–H and O–H groups in total. The maximum atomic E-state index is 6.26. The Morgan fingerprint density at radius 2 is 1.60 bits per heavy atom. The first-order valence-corrected chi connectivity index (χ1v) is 12.1. The molecule has 1 heterocycles. The van der Waals surface area contributed by atoms with Crippen LogP contribution in [0.15, 0.2) is 54.6 Å². The number of fused-ring (bicyclic) bond motifs is 1. The van der Waals surface area contributed by atoms with Crippen molar-refractivity contribution in [2.24, 2.45) is 0 Å². The predicted molar refractivity (Wildman–Crippen MR) is 144 cm³/mol. The average molecular weight is 533 g/mol. The van der Waals surface area contributed by atoms with Crippen LogP contribution in [0, 0.1) is 0 Å².